The Morgan fingerprint density at radius 2 is 1.80 bits per heavy atom. The van der Waals surface area contributed by atoms with Gasteiger partial charge in [0.25, 0.3) is 0 Å². The molecular weight excluding hydrogens is 250 g/mol. The molecule has 1 saturated carbocycles. The highest BCUT2D eigenvalue weighted by atomic mass is 16.3. The number of phenols is 1. The number of nitrogens with zero attached hydrogens (tertiary/aromatic N) is 1. The first-order valence-corrected chi connectivity index (χ1v) is 7.43. The van der Waals surface area contributed by atoms with Gasteiger partial charge in [-0.25, -0.2) is 0 Å². The van der Waals surface area contributed by atoms with Crippen molar-refractivity contribution in [3.05, 3.63) is 29.8 Å². The summed E-state index contributed by atoms with van der Waals surface area (Å²) < 4.78 is 0. The second kappa shape index (κ2) is 5.96. The maximum atomic E-state index is 12.8. The summed E-state index contributed by atoms with van der Waals surface area (Å²) in [7, 11) is 4.04. The molecule has 0 aliphatic heterocycles. The summed E-state index contributed by atoms with van der Waals surface area (Å²) in [6.45, 7) is 2.27. The maximum absolute atomic E-state index is 12.8. The summed E-state index contributed by atoms with van der Waals surface area (Å²) in [4.78, 5) is 14.9. The Kier molecular flexibility index (Phi) is 4.48. The Morgan fingerprint density at radius 3 is 2.30 bits per heavy atom. The van der Waals surface area contributed by atoms with Crippen molar-refractivity contribution in [2.45, 2.75) is 44.6 Å². The quantitative estimate of drug-likeness (QED) is 0.918. The van der Waals surface area contributed by atoms with E-state index in [-0.39, 0.29) is 11.3 Å². The van der Waals surface area contributed by atoms with E-state index in [0.29, 0.717) is 12.2 Å². The molecule has 0 heterocycles. The van der Waals surface area contributed by atoms with E-state index < -0.39 is 0 Å². The van der Waals surface area contributed by atoms with Gasteiger partial charge in [0, 0.05) is 6.42 Å². The number of likely N-dealkylation sites (N-methyl/N-ethyl adjacent to an activating group) is 1. The molecule has 1 aromatic carbocycles. The van der Waals surface area contributed by atoms with Gasteiger partial charge >= 0.3 is 0 Å². The summed E-state index contributed by atoms with van der Waals surface area (Å²) in [5.41, 5.74) is 0.678. The Bertz CT molecular complexity index is 456. The first kappa shape index (κ1) is 15.0. The van der Waals surface area contributed by atoms with E-state index >= 15 is 0 Å². The van der Waals surface area contributed by atoms with E-state index in [1.54, 1.807) is 12.1 Å². The van der Waals surface area contributed by atoms with Crippen LogP contribution in [0.5, 0.6) is 5.75 Å². The fourth-order valence-electron chi connectivity index (χ4n) is 3.18. The molecule has 2 rings (SSSR count). The molecule has 1 fully saturated rings. The molecule has 0 bridgehead atoms. The molecule has 3 nitrogen and oxygen atoms in total. The van der Waals surface area contributed by atoms with Crippen LogP contribution in [0, 0.1) is 5.92 Å². The molecule has 20 heavy (non-hydrogen) atoms. The fourth-order valence-corrected chi connectivity index (χ4v) is 3.18. The third kappa shape index (κ3) is 3.04. The first-order valence-electron chi connectivity index (χ1n) is 7.43. The molecule has 1 aliphatic rings. The zero-order chi connectivity index (χ0) is 14.8. The third-order valence-electron chi connectivity index (χ3n) is 4.78. The van der Waals surface area contributed by atoms with Crippen LogP contribution in [0.4, 0.5) is 0 Å². The number of rotatable bonds is 4. The van der Waals surface area contributed by atoms with Gasteiger partial charge in [0.15, 0.2) is 5.78 Å². The average molecular weight is 275 g/mol. The first-order chi connectivity index (χ1) is 9.44. The molecule has 0 amide bonds. The Hall–Kier alpha value is -1.35. The number of hydrogen-bond donors (Lipinski definition) is 1. The minimum absolute atomic E-state index is 0.245. The van der Waals surface area contributed by atoms with Crippen molar-refractivity contribution >= 4 is 5.78 Å². The maximum Gasteiger partial charge on any atom is 0.157 e. The van der Waals surface area contributed by atoms with Crippen LogP contribution in [-0.4, -0.2) is 35.4 Å². The number of Topliss-reactive ketones (excluding diaryl/α,β-unsaturated/α-hetero) is 1. The number of ketones is 1. The molecule has 0 unspecified atom stereocenters. The van der Waals surface area contributed by atoms with Gasteiger partial charge in [-0.3, -0.25) is 9.69 Å². The van der Waals surface area contributed by atoms with Crippen molar-refractivity contribution < 1.29 is 9.90 Å². The molecule has 0 spiro atoms. The molecule has 110 valence electrons. The normalized spacial score (nSPS) is 26.7. The number of benzene rings is 1. The number of phenolic OH excluding ortho intramolecular Hbond substituents is 1. The molecule has 0 atom stereocenters. The van der Waals surface area contributed by atoms with E-state index in [1.807, 2.05) is 26.2 Å². The second-order valence-corrected chi connectivity index (χ2v) is 6.37. The van der Waals surface area contributed by atoms with Gasteiger partial charge in [0.2, 0.25) is 0 Å². The fraction of sp³-hybridized carbons (Fsp3) is 0.588. The minimum atomic E-state index is -0.301. The Morgan fingerprint density at radius 1 is 1.25 bits per heavy atom. The minimum Gasteiger partial charge on any atom is -0.508 e. The van der Waals surface area contributed by atoms with Gasteiger partial charge in [-0.15, -0.1) is 0 Å². The average Bonchev–Trinajstić information content (AvgIpc) is 2.42. The van der Waals surface area contributed by atoms with E-state index in [1.165, 1.54) is 0 Å². The standard InChI is InChI=1S/C17H25NO2/c1-13-8-10-17(11-9-13,18(2)3)16(20)12-14-4-6-15(19)7-5-14/h4-7,13,19H,8-12H2,1-3H3. The SMILES string of the molecule is CC1CCC(C(=O)Cc2ccc(O)cc2)(N(C)C)CC1. The van der Waals surface area contributed by atoms with Crippen LogP contribution in [0.3, 0.4) is 0 Å². The van der Waals surface area contributed by atoms with Crippen molar-refractivity contribution in [1.29, 1.82) is 0 Å². The lowest BCUT2D eigenvalue weighted by atomic mass is 9.72. The van der Waals surface area contributed by atoms with Gasteiger partial charge in [0.05, 0.1) is 5.54 Å². The molecule has 0 radical (unpaired) electrons. The zero-order valence-corrected chi connectivity index (χ0v) is 12.7. The monoisotopic (exact) mass is 275 g/mol. The Balaban J connectivity index is 2.13. The lowest BCUT2D eigenvalue weighted by Gasteiger charge is -2.43. The van der Waals surface area contributed by atoms with Crippen LogP contribution in [0.1, 0.15) is 38.2 Å². The lowest BCUT2D eigenvalue weighted by Crippen LogP contribution is -2.53. The molecule has 1 N–H and O–H groups in total. The van der Waals surface area contributed by atoms with Crippen molar-refractivity contribution in [1.82, 2.24) is 4.90 Å². The van der Waals surface area contributed by atoms with E-state index in [9.17, 15) is 9.90 Å². The highest BCUT2D eigenvalue weighted by Gasteiger charge is 2.42. The second-order valence-electron chi connectivity index (χ2n) is 6.37. The smallest absolute Gasteiger partial charge is 0.157 e. The molecule has 1 aliphatic carbocycles. The van der Waals surface area contributed by atoms with Crippen LogP contribution >= 0.6 is 0 Å². The van der Waals surface area contributed by atoms with E-state index in [4.69, 9.17) is 0 Å². The largest absolute Gasteiger partial charge is 0.508 e. The van der Waals surface area contributed by atoms with Crippen LogP contribution in [-0.2, 0) is 11.2 Å². The van der Waals surface area contributed by atoms with E-state index in [0.717, 1.165) is 37.2 Å². The van der Waals surface area contributed by atoms with E-state index in [2.05, 4.69) is 11.8 Å². The predicted octanol–water partition coefficient (Wildman–Crippen LogP) is 3.01. The highest BCUT2D eigenvalue weighted by Crippen LogP contribution is 2.36. The van der Waals surface area contributed by atoms with Gasteiger partial charge in [-0.1, -0.05) is 19.1 Å². The third-order valence-corrected chi connectivity index (χ3v) is 4.78. The van der Waals surface area contributed by atoms with Crippen LogP contribution in [0.2, 0.25) is 0 Å². The summed E-state index contributed by atoms with van der Waals surface area (Å²) in [5.74, 6) is 1.28. The molecular formula is C17H25NO2. The van der Waals surface area contributed by atoms with Crippen molar-refractivity contribution in [2.24, 2.45) is 5.92 Å². The molecule has 0 aromatic heterocycles. The number of hydrogen-bond acceptors (Lipinski definition) is 3. The summed E-state index contributed by atoms with van der Waals surface area (Å²) in [5, 5.41) is 9.31. The van der Waals surface area contributed by atoms with Crippen molar-refractivity contribution in [3.8, 4) is 5.75 Å². The highest BCUT2D eigenvalue weighted by molar-refractivity contribution is 5.90. The Labute approximate surface area is 121 Å². The van der Waals surface area contributed by atoms with Gasteiger partial charge in [0.1, 0.15) is 5.75 Å². The van der Waals surface area contributed by atoms with Gasteiger partial charge in [-0.2, -0.15) is 0 Å². The van der Waals surface area contributed by atoms with Crippen LogP contribution < -0.4 is 0 Å². The molecule has 1 aromatic rings. The number of carbonyl (C=O) groups excluding carboxylic acids is 1. The summed E-state index contributed by atoms with van der Waals surface area (Å²) in [6.07, 6.45) is 4.61. The lowest BCUT2D eigenvalue weighted by molar-refractivity contribution is -0.131. The van der Waals surface area contributed by atoms with Gasteiger partial charge < -0.3 is 5.11 Å². The van der Waals surface area contributed by atoms with Crippen LogP contribution in [0.15, 0.2) is 24.3 Å². The molecule has 3 heteroatoms. The zero-order valence-electron chi connectivity index (χ0n) is 12.7. The van der Waals surface area contributed by atoms with Crippen molar-refractivity contribution in [2.75, 3.05) is 14.1 Å². The van der Waals surface area contributed by atoms with Crippen LogP contribution in [0.25, 0.3) is 0 Å². The van der Waals surface area contributed by atoms with Crippen molar-refractivity contribution in [3.63, 3.8) is 0 Å². The topological polar surface area (TPSA) is 40.5 Å². The van der Waals surface area contributed by atoms with Gasteiger partial charge in [-0.05, 0) is 63.4 Å². The number of aromatic hydroxyl groups is 1. The summed E-state index contributed by atoms with van der Waals surface area (Å²) in [6, 6.07) is 6.96. The number of carbonyl (C=O) groups is 1. The predicted molar refractivity (Wildman–Crippen MR) is 80.9 cm³/mol. The molecule has 0 saturated heterocycles. The summed E-state index contributed by atoms with van der Waals surface area (Å²) >= 11 is 0.